The third-order valence-corrected chi connectivity index (χ3v) is 7.29. The zero-order valence-corrected chi connectivity index (χ0v) is 23.5. The standard InChI is InChI=1S/C28H34N4O6S/c1-19(23-11-13-24(14-12-23)28(34)37-3)29-26(33)25-20(2)30-32-16-15-31(27(25)32)18-22-9-7-21(8-10-22)6-5-17-38-39(4,35)36/h7-14,19H,5-6,15-18H2,1-4H3,(H,29,33)/t19-/m0/s1. The second-order valence-electron chi connectivity index (χ2n) is 9.68. The van der Waals surface area contributed by atoms with E-state index >= 15 is 0 Å². The number of esters is 1. The van der Waals surface area contributed by atoms with Gasteiger partial charge in [-0.1, -0.05) is 36.4 Å². The Morgan fingerprint density at radius 3 is 2.36 bits per heavy atom. The van der Waals surface area contributed by atoms with E-state index in [1.807, 2.05) is 30.7 Å². The summed E-state index contributed by atoms with van der Waals surface area (Å²) in [6.45, 7) is 5.99. The highest BCUT2D eigenvalue weighted by molar-refractivity contribution is 7.85. The molecule has 208 valence electrons. The number of fused-ring (bicyclic) bond motifs is 1. The maximum atomic E-state index is 13.4. The molecule has 3 aromatic rings. The number of hydrogen-bond acceptors (Lipinski definition) is 8. The van der Waals surface area contributed by atoms with Crippen LogP contribution in [0.25, 0.3) is 0 Å². The Morgan fingerprint density at radius 2 is 1.72 bits per heavy atom. The number of rotatable bonds is 11. The summed E-state index contributed by atoms with van der Waals surface area (Å²) in [6.07, 6.45) is 2.39. The first-order valence-corrected chi connectivity index (χ1v) is 14.6. The molecule has 2 heterocycles. The van der Waals surface area contributed by atoms with Gasteiger partial charge < -0.3 is 15.0 Å². The third kappa shape index (κ3) is 7.04. The van der Waals surface area contributed by atoms with E-state index in [9.17, 15) is 18.0 Å². The molecule has 4 rings (SSSR count). The maximum absolute atomic E-state index is 13.4. The SMILES string of the molecule is COC(=O)c1ccc([C@H](C)NC(=O)c2c(C)nn3c2N(Cc2ccc(CCCOS(C)(=O)=O)cc2)CC3)cc1. The number of anilines is 1. The van der Waals surface area contributed by atoms with E-state index in [1.54, 1.807) is 24.3 Å². The number of hydrogen-bond donors (Lipinski definition) is 1. The first-order chi connectivity index (χ1) is 18.6. The molecule has 0 saturated carbocycles. The molecule has 11 heteroatoms. The predicted octanol–water partition coefficient (Wildman–Crippen LogP) is 3.40. The van der Waals surface area contributed by atoms with E-state index in [-0.39, 0.29) is 18.6 Å². The van der Waals surface area contributed by atoms with Gasteiger partial charge in [-0.05, 0) is 55.5 Å². The normalized spacial score (nSPS) is 13.7. The molecule has 0 unspecified atom stereocenters. The number of aryl methyl sites for hydroxylation is 2. The van der Waals surface area contributed by atoms with Crippen LogP contribution in [0.4, 0.5) is 5.82 Å². The lowest BCUT2D eigenvalue weighted by Gasteiger charge is -2.20. The van der Waals surface area contributed by atoms with Crippen molar-refractivity contribution in [2.45, 2.75) is 45.8 Å². The molecule has 2 aromatic carbocycles. The van der Waals surface area contributed by atoms with E-state index in [0.29, 0.717) is 36.3 Å². The molecule has 1 aliphatic heterocycles. The highest BCUT2D eigenvalue weighted by Gasteiger charge is 2.30. The summed E-state index contributed by atoms with van der Waals surface area (Å²) >= 11 is 0. The minimum Gasteiger partial charge on any atom is -0.465 e. The van der Waals surface area contributed by atoms with Crippen molar-refractivity contribution in [3.63, 3.8) is 0 Å². The van der Waals surface area contributed by atoms with Gasteiger partial charge in [-0.25, -0.2) is 9.48 Å². The van der Waals surface area contributed by atoms with Crippen LogP contribution in [-0.2, 0) is 38.5 Å². The molecule has 1 aromatic heterocycles. The van der Waals surface area contributed by atoms with E-state index in [0.717, 1.165) is 41.7 Å². The minimum atomic E-state index is -3.41. The van der Waals surface area contributed by atoms with Crippen LogP contribution in [0.2, 0.25) is 0 Å². The number of aromatic nitrogens is 2. The zero-order chi connectivity index (χ0) is 28.2. The van der Waals surface area contributed by atoms with Crippen LogP contribution in [0.3, 0.4) is 0 Å². The number of nitrogens with one attached hydrogen (secondary N) is 1. The lowest BCUT2D eigenvalue weighted by Crippen LogP contribution is -2.29. The Labute approximate surface area is 229 Å². The van der Waals surface area contributed by atoms with Crippen molar-refractivity contribution in [2.24, 2.45) is 0 Å². The molecule has 0 saturated heterocycles. The fourth-order valence-corrected chi connectivity index (χ4v) is 5.10. The van der Waals surface area contributed by atoms with Crippen LogP contribution in [0.5, 0.6) is 0 Å². The lowest BCUT2D eigenvalue weighted by molar-refractivity contribution is 0.0600. The number of methoxy groups -OCH3 is 1. The van der Waals surface area contributed by atoms with Crippen molar-refractivity contribution in [3.8, 4) is 0 Å². The summed E-state index contributed by atoms with van der Waals surface area (Å²) < 4.78 is 33.6. The summed E-state index contributed by atoms with van der Waals surface area (Å²) in [6, 6.07) is 14.9. The highest BCUT2D eigenvalue weighted by Crippen LogP contribution is 2.30. The molecule has 0 radical (unpaired) electrons. The summed E-state index contributed by atoms with van der Waals surface area (Å²) in [5.41, 5.74) is 4.77. The van der Waals surface area contributed by atoms with Gasteiger partial charge >= 0.3 is 5.97 Å². The van der Waals surface area contributed by atoms with E-state index in [2.05, 4.69) is 27.4 Å². The molecule has 1 atom stereocenters. The van der Waals surface area contributed by atoms with Gasteiger partial charge in [0.2, 0.25) is 0 Å². The Hall–Kier alpha value is -3.70. The highest BCUT2D eigenvalue weighted by atomic mass is 32.2. The fourth-order valence-electron chi connectivity index (χ4n) is 4.68. The van der Waals surface area contributed by atoms with Crippen LogP contribution in [0.15, 0.2) is 48.5 Å². The molecular formula is C28H34N4O6S. The van der Waals surface area contributed by atoms with Gasteiger partial charge in [-0.2, -0.15) is 13.5 Å². The number of carbonyl (C=O) groups excluding carboxylic acids is 2. The van der Waals surface area contributed by atoms with Crippen LogP contribution in [-0.4, -0.2) is 56.6 Å². The summed E-state index contributed by atoms with van der Waals surface area (Å²) in [5, 5.41) is 7.68. The Balaban J connectivity index is 1.40. The number of nitrogens with zero attached hydrogens (tertiary/aromatic N) is 3. The molecule has 0 fully saturated rings. The van der Waals surface area contributed by atoms with Gasteiger partial charge in [0.15, 0.2) is 0 Å². The summed E-state index contributed by atoms with van der Waals surface area (Å²) in [5.74, 6) is 0.204. The molecule has 1 N–H and O–H groups in total. The smallest absolute Gasteiger partial charge is 0.337 e. The molecule has 1 aliphatic rings. The quantitative estimate of drug-likeness (QED) is 0.218. The monoisotopic (exact) mass is 554 g/mol. The van der Waals surface area contributed by atoms with Crippen molar-refractivity contribution in [1.82, 2.24) is 15.1 Å². The molecule has 0 spiro atoms. The number of amides is 1. The Morgan fingerprint density at radius 1 is 1.05 bits per heavy atom. The molecule has 0 bridgehead atoms. The van der Waals surface area contributed by atoms with Gasteiger partial charge in [0, 0.05) is 13.1 Å². The molecule has 10 nitrogen and oxygen atoms in total. The van der Waals surface area contributed by atoms with E-state index < -0.39 is 16.1 Å². The average Bonchev–Trinajstić information content (AvgIpc) is 3.44. The average molecular weight is 555 g/mol. The van der Waals surface area contributed by atoms with Gasteiger partial charge in [-0.3, -0.25) is 8.98 Å². The second-order valence-corrected chi connectivity index (χ2v) is 11.3. The third-order valence-electron chi connectivity index (χ3n) is 6.69. The summed E-state index contributed by atoms with van der Waals surface area (Å²) in [7, 11) is -2.07. The lowest BCUT2D eigenvalue weighted by atomic mass is 10.1. The largest absolute Gasteiger partial charge is 0.465 e. The summed E-state index contributed by atoms with van der Waals surface area (Å²) in [4.78, 5) is 27.3. The van der Waals surface area contributed by atoms with Crippen molar-refractivity contribution in [3.05, 3.63) is 82.0 Å². The van der Waals surface area contributed by atoms with Crippen LogP contribution in [0.1, 0.15) is 62.5 Å². The first kappa shape index (κ1) is 28.3. The first-order valence-electron chi connectivity index (χ1n) is 12.8. The maximum Gasteiger partial charge on any atom is 0.337 e. The van der Waals surface area contributed by atoms with Crippen LogP contribution < -0.4 is 10.2 Å². The van der Waals surface area contributed by atoms with Crippen molar-refractivity contribution >= 4 is 27.8 Å². The van der Waals surface area contributed by atoms with Crippen molar-refractivity contribution < 1.29 is 26.9 Å². The van der Waals surface area contributed by atoms with Crippen molar-refractivity contribution in [2.75, 3.05) is 31.4 Å². The zero-order valence-electron chi connectivity index (χ0n) is 22.6. The van der Waals surface area contributed by atoms with Gasteiger partial charge in [0.05, 0.1) is 43.8 Å². The van der Waals surface area contributed by atoms with Gasteiger partial charge in [0.25, 0.3) is 16.0 Å². The molecule has 39 heavy (non-hydrogen) atoms. The topological polar surface area (TPSA) is 120 Å². The van der Waals surface area contributed by atoms with Gasteiger partial charge in [-0.15, -0.1) is 0 Å². The number of benzene rings is 2. The Bertz CT molecular complexity index is 1430. The van der Waals surface area contributed by atoms with Crippen LogP contribution >= 0.6 is 0 Å². The van der Waals surface area contributed by atoms with E-state index in [1.165, 1.54) is 7.11 Å². The molecule has 1 amide bonds. The number of carbonyl (C=O) groups is 2. The second kappa shape index (κ2) is 12.0. The molecular weight excluding hydrogens is 520 g/mol. The fraction of sp³-hybridized carbons (Fsp3) is 0.393. The van der Waals surface area contributed by atoms with E-state index in [4.69, 9.17) is 8.92 Å². The van der Waals surface area contributed by atoms with Gasteiger partial charge in [0.1, 0.15) is 11.4 Å². The predicted molar refractivity (Wildman–Crippen MR) is 147 cm³/mol. The Kier molecular flexibility index (Phi) is 8.71. The van der Waals surface area contributed by atoms with Crippen molar-refractivity contribution in [1.29, 1.82) is 0 Å². The van der Waals surface area contributed by atoms with Crippen LogP contribution in [0, 0.1) is 6.92 Å². The minimum absolute atomic E-state index is 0.167. The number of ether oxygens (including phenoxy) is 1. The molecule has 0 aliphatic carbocycles.